The topological polar surface area (TPSA) is 149 Å². The molecule has 0 saturated heterocycles. The van der Waals surface area contributed by atoms with E-state index in [1.165, 1.54) is 55.6 Å². The first-order valence-electron chi connectivity index (χ1n) is 23.5. The van der Waals surface area contributed by atoms with E-state index in [1.54, 1.807) is 0 Å². The lowest BCUT2D eigenvalue weighted by molar-refractivity contribution is -0.144. The third-order valence-electron chi connectivity index (χ3n) is 15.8. The Morgan fingerprint density at radius 2 is 0.633 bits per heavy atom. The van der Waals surface area contributed by atoms with E-state index >= 15 is 0 Å². The lowest BCUT2D eigenvalue weighted by atomic mass is 9.88. The zero-order chi connectivity index (χ0) is 43.9. The highest BCUT2D eigenvalue weighted by atomic mass is 16.4. The van der Waals surface area contributed by atoms with E-state index in [4.69, 9.17) is 0 Å². The van der Waals surface area contributed by atoms with Gasteiger partial charge in [0.2, 0.25) is 0 Å². The van der Waals surface area contributed by atoms with Crippen LogP contribution in [0.5, 0.6) is 0 Å². The SMILES string of the molecule is Cc1cc(CCCCC2(C(=O)O)CC2)c(C)c(C)c1CCCCCC1(C(=O)O)CC1.Cc1cc(CCCCCC2(C(=O)O)CC2)c(C)c(C)c1CCCCC1(C(=O)O)CC1. The number of unbranched alkanes of at least 4 members (excludes halogenated alkanes) is 6. The second-order valence-corrected chi connectivity index (χ2v) is 20.0. The molecule has 4 aliphatic carbocycles. The van der Waals surface area contributed by atoms with Crippen molar-refractivity contribution in [2.75, 3.05) is 0 Å². The average Bonchev–Trinajstić information content (AvgIpc) is 4.01. The summed E-state index contributed by atoms with van der Waals surface area (Å²) >= 11 is 0. The van der Waals surface area contributed by atoms with Gasteiger partial charge in [0.25, 0.3) is 0 Å². The highest BCUT2D eigenvalue weighted by Gasteiger charge is 2.51. The molecule has 8 nitrogen and oxygen atoms in total. The number of carbonyl (C=O) groups is 4. The van der Waals surface area contributed by atoms with Crippen molar-refractivity contribution in [1.29, 1.82) is 0 Å². The molecule has 4 aliphatic rings. The fourth-order valence-electron chi connectivity index (χ4n) is 10.1. The standard InChI is InChI=1S/2C26H38O4/c1-18-17-21(9-6-8-12-26(15-16-26)24(29)30)19(2)20(3)22(18)10-5-4-7-11-25(13-14-25)23(27)28;1-18-17-21(9-5-4-7-11-25(13-14-25)23(27)28)19(2)20(3)22(18)10-6-8-12-26(15-16-26)24(29)30/h2*17H,4-16H2,1-3H3,(H,27,28)(H,29,30). The summed E-state index contributed by atoms with van der Waals surface area (Å²) in [5, 5.41) is 37.2. The molecule has 0 radical (unpaired) electrons. The fourth-order valence-corrected chi connectivity index (χ4v) is 10.1. The largest absolute Gasteiger partial charge is 0.481 e. The van der Waals surface area contributed by atoms with Crippen LogP contribution in [0.3, 0.4) is 0 Å². The molecule has 0 spiro atoms. The number of carboxylic acids is 4. The number of carboxylic acid groups (broad SMARTS) is 4. The zero-order valence-electron chi connectivity index (χ0n) is 38.0. The Hall–Kier alpha value is -3.68. The van der Waals surface area contributed by atoms with E-state index in [9.17, 15) is 39.6 Å². The van der Waals surface area contributed by atoms with Gasteiger partial charge in [-0.2, -0.15) is 0 Å². The smallest absolute Gasteiger partial charge is 0.309 e. The van der Waals surface area contributed by atoms with E-state index in [0.717, 1.165) is 167 Å². The van der Waals surface area contributed by atoms with E-state index < -0.39 is 34.7 Å². The number of aryl methyl sites for hydroxylation is 4. The molecule has 8 heteroatoms. The number of hydrogen-bond acceptors (Lipinski definition) is 4. The first-order valence-corrected chi connectivity index (χ1v) is 23.5. The maximum atomic E-state index is 11.3. The van der Waals surface area contributed by atoms with Gasteiger partial charge in [0.05, 0.1) is 21.7 Å². The Balaban J connectivity index is 0.000000228. The summed E-state index contributed by atoms with van der Waals surface area (Å²) < 4.78 is 0. The Labute approximate surface area is 360 Å². The maximum absolute atomic E-state index is 11.3. The van der Waals surface area contributed by atoms with E-state index in [-0.39, 0.29) is 10.8 Å². The van der Waals surface area contributed by atoms with Crippen LogP contribution in [0.15, 0.2) is 12.1 Å². The Morgan fingerprint density at radius 1 is 0.383 bits per heavy atom. The molecule has 0 aliphatic heterocycles. The molecule has 0 unspecified atom stereocenters. The van der Waals surface area contributed by atoms with Crippen LogP contribution in [0.2, 0.25) is 0 Å². The summed E-state index contributed by atoms with van der Waals surface area (Å²) in [5.41, 5.74) is 12.5. The number of benzene rings is 2. The summed E-state index contributed by atoms with van der Waals surface area (Å²) in [6.45, 7) is 13.3. The molecule has 0 bridgehead atoms. The molecule has 4 saturated carbocycles. The summed E-state index contributed by atoms with van der Waals surface area (Å²) in [5.74, 6) is -2.42. The fraction of sp³-hybridized carbons (Fsp3) is 0.692. The van der Waals surface area contributed by atoms with E-state index in [2.05, 4.69) is 53.7 Å². The van der Waals surface area contributed by atoms with Crippen molar-refractivity contribution < 1.29 is 39.6 Å². The highest BCUT2D eigenvalue weighted by molar-refractivity contribution is 5.79. The molecule has 4 fully saturated rings. The molecule has 4 N–H and O–H groups in total. The van der Waals surface area contributed by atoms with Gasteiger partial charge < -0.3 is 20.4 Å². The monoisotopic (exact) mass is 829 g/mol. The molecular formula is C52H76O8. The van der Waals surface area contributed by atoms with Crippen molar-refractivity contribution in [3.63, 3.8) is 0 Å². The maximum Gasteiger partial charge on any atom is 0.309 e. The van der Waals surface area contributed by atoms with Crippen molar-refractivity contribution >= 4 is 23.9 Å². The van der Waals surface area contributed by atoms with Gasteiger partial charge in [0.15, 0.2) is 0 Å². The third kappa shape index (κ3) is 11.8. The summed E-state index contributed by atoms with van der Waals surface area (Å²) in [7, 11) is 0. The molecule has 332 valence electrons. The van der Waals surface area contributed by atoms with Crippen LogP contribution in [0.25, 0.3) is 0 Å². The molecule has 0 heterocycles. The van der Waals surface area contributed by atoms with Crippen molar-refractivity contribution in [3.05, 3.63) is 67.8 Å². The predicted octanol–water partition coefficient (Wildman–Crippen LogP) is 12.3. The number of hydrogen-bond donors (Lipinski definition) is 4. The van der Waals surface area contributed by atoms with Gasteiger partial charge in [-0.05, 0) is 226 Å². The minimum atomic E-state index is -0.606. The van der Waals surface area contributed by atoms with Gasteiger partial charge in [-0.3, -0.25) is 19.2 Å². The molecule has 2 aromatic rings. The van der Waals surface area contributed by atoms with Crippen molar-refractivity contribution in [2.24, 2.45) is 21.7 Å². The van der Waals surface area contributed by atoms with Crippen LogP contribution >= 0.6 is 0 Å². The van der Waals surface area contributed by atoms with Crippen LogP contribution in [0.1, 0.15) is 197 Å². The minimum Gasteiger partial charge on any atom is -0.481 e. The lowest BCUT2D eigenvalue weighted by Gasteiger charge is -2.18. The third-order valence-corrected chi connectivity index (χ3v) is 15.8. The summed E-state index contributed by atoms with van der Waals surface area (Å²) in [6.07, 6.45) is 24.9. The minimum absolute atomic E-state index is 0.381. The van der Waals surface area contributed by atoms with Gasteiger partial charge in [0.1, 0.15) is 0 Å². The van der Waals surface area contributed by atoms with E-state index in [1.807, 2.05) is 0 Å². The second kappa shape index (κ2) is 20.0. The van der Waals surface area contributed by atoms with Crippen LogP contribution in [0, 0.1) is 63.2 Å². The van der Waals surface area contributed by atoms with Crippen LogP contribution < -0.4 is 0 Å². The molecule has 0 atom stereocenters. The summed E-state index contributed by atoms with van der Waals surface area (Å²) in [4.78, 5) is 45.2. The lowest BCUT2D eigenvalue weighted by Crippen LogP contribution is -2.14. The first kappa shape index (κ1) is 47.4. The molecule has 2 aromatic carbocycles. The number of aliphatic carboxylic acids is 4. The number of rotatable bonds is 26. The van der Waals surface area contributed by atoms with Gasteiger partial charge in [0, 0.05) is 0 Å². The molecule has 6 rings (SSSR count). The quantitative estimate of drug-likeness (QED) is 0.0685. The Kier molecular flexibility index (Phi) is 15.8. The molecular weight excluding hydrogens is 753 g/mol. The first-order chi connectivity index (χ1) is 28.4. The van der Waals surface area contributed by atoms with Gasteiger partial charge in [-0.1, -0.05) is 50.7 Å². The second-order valence-electron chi connectivity index (χ2n) is 20.0. The summed E-state index contributed by atoms with van der Waals surface area (Å²) in [6, 6.07) is 4.68. The van der Waals surface area contributed by atoms with E-state index in [0.29, 0.717) is 0 Å². The molecule has 60 heavy (non-hydrogen) atoms. The zero-order valence-corrected chi connectivity index (χ0v) is 38.0. The average molecular weight is 829 g/mol. The van der Waals surface area contributed by atoms with Crippen molar-refractivity contribution in [3.8, 4) is 0 Å². The van der Waals surface area contributed by atoms with Crippen LogP contribution in [-0.4, -0.2) is 44.3 Å². The van der Waals surface area contributed by atoms with Gasteiger partial charge in [-0.15, -0.1) is 0 Å². The van der Waals surface area contributed by atoms with Crippen LogP contribution in [0.4, 0.5) is 0 Å². The van der Waals surface area contributed by atoms with Crippen LogP contribution in [-0.2, 0) is 44.9 Å². The van der Waals surface area contributed by atoms with Crippen molar-refractivity contribution in [2.45, 2.75) is 208 Å². The Bertz CT molecular complexity index is 1870. The Morgan fingerprint density at radius 3 is 0.917 bits per heavy atom. The van der Waals surface area contributed by atoms with Gasteiger partial charge in [-0.25, -0.2) is 0 Å². The van der Waals surface area contributed by atoms with Crippen molar-refractivity contribution in [1.82, 2.24) is 0 Å². The highest BCUT2D eigenvalue weighted by Crippen LogP contribution is 2.52. The van der Waals surface area contributed by atoms with Gasteiger partial charge >= 0.3 is 23.9 Å². The predicted molar refractivity (Wildman–Crippen MR) is 238 cm³/mol. The molecule has 0 aromatic heterocycles. The normalized spacial score (nSPS) is 18.2. The molecule has 0 amide bonds.